The van der Waals surface area contributed by atoms with Crippen LogP contribution < -0.4 is 0 Å². The van der Waals surface area contributed by atoms with Gasteiger partial charge in [0, 0.05) is 31.8 Å². The predicted octanol–water partition coefficient (Wildman–Crippen LogP) is 5.87. The summed E-state index contributed by atoms with van der Waals surface area (Å²) in [5.41, 5.74) is -0.117. The Morgan fingerprint density at radius 3 is 2.36 bits per heavy atom. The van der Waals surface area contributed by atoms with Crippen LogP contribution in [0.4, 0.5) is 0 Å². The van der Waals surface area contributed by atoms with Crippen molar-refractivity contribution >= 4 is 23.9 Å². The molecule has 10 heteroatoms. The largest absolute Gasteiger partial charge is 0.458 e. The first-order valence-corrected chi connectivity index (χ1v) is 15.6. The number of carbonyl (C=O) groups excluding carboxylic acids is 4. The normalized spacial score (nSPS) is 32.5. The van der Waals surface area contributed by atoms with Gasteiger partial charge in [-0.15, -0.1) is 0 Å². The van der Waals surface area contributed by atoms with Gasteiger partial charge in [-0.25, -0.2) is 4.79 Å². The zero-order valence-electron chi connectivity index (χ0n) is 27.1. The molecule has 1 spiro atoms. The summed E-state index contributed by atoms with van der Waals surface area (Å²) >= 11 is 0. The molecule has 0 amide bonds. The zero-order chi connectivity index (χ0) is 33.1. The number of allylic oxidation sites excluding steroid dienone is 2. The second-order valence-corrected chi connectivity index (χ2v) is 12.8. The Balaban J connectivity index is 1.94. The van der Waals surface area contributed by atoms with Crippen LogP contribution in [0.25, 0.3) is 0 Å². The van der Waals surface area contributed by atoms with E-state index in [1.54, 1.807) is 24.3 Å². The Hall–Kier alpha value is -3.79. The summed E-state index contributed by atoms with van der Waals surface area (Å²) in [5.74, 6) is -2.91. The molecule has 2 aliphatic carbocycles. The van der Waals surface area contributed by atoms with Crippen LogP contribution in [0, 0.1) is 28.6 Å². The van der Waals surface area contributed by atoms with Gasteiger partial charge in [-0.1, -0.05) is 52.5 Å². The molecule has 1 aliphatic heterocycles. The lowest BCUT2D eigenvalue weighted by molar-refractivity contribution is -0.254. The minimum Gasteiger partial charge on any atom is -0.458 e. The summed E-state index contributed by atoms with van der Waals surface area (Å²) in [6.07, 6.45) is 5.06. The van der Waals surface area contributed by atoms with Crippen LogP contribution in [0.3, 0.4) is 0 Å². The van der Waals surface area contributed by atoms with Gasteiger partial charge in [-0.3, -0.25) is 24.1 Å². The molecule has 45 heavy (non-hydrogen) atoms. The van der Waals surface area contributed by atoms with Crippen LogP contribution >= 0.6 is 0 Å². The average molecular weight is 624 g/mol. The number of ether oxygens (including phenoxy) is 5. The summed E-state index contributed by atoms with van der Waals surface area (Å²) < 4.78 is 30.2. The van der Waals surface area contributed by atoms with E-state index >= 15 is 0 Å². The number of nitrogens with zero attached hydrogens (tertiary/aromatic N) is 1. The van der Waals surface area contributed by atoms with E-state index < -0.39 is 59.4 Å². The maximum Gasteiger partial charge on any atom is 0.338 e. The quantitative estimate of drug-likeness (QED) is 0.128. The van der Waals surface area contributed by atoms with E-state index in [0.717, 1.165) is 5.57 Å². The van der Waals surface area contributed by atoms with E-state index in [9.17, 15) is 19.2 Å². The Morgan fingerprint density at radius 2 is 1.76 bits per heavy atom. The third-order valence-electron chi connectivity index (χ3n) is 10.1. The minimum absolute atomic E-state index is 0.0167. The van der Waals surface area contributed by atoms with Crippen molar-refractivity contribution < 1.29 is 42.9 Å². The van der Waals surface area contributed by atoms with Gasteiger partial charge >= 0.3 is 23.9 Å². The lowest BCUT2D eigenvalue weighted by atomic mass is 9.45. The van der Waals surface area contributed by atoms with Crippen molar-refractivity contribution in [1.29, 1.82) is 0 Å². The van der Waals surface area contributed by atoms with Crippen LogP contribution in [0.5, 0.6) is 0 Å². The summed E-state index contributed by atoms with van der Waals surface area (Å²) in [6, 6.07) is 3.13. The molecule has 3 aliphatic rings. The fraction of sp³-hybridized carbons (Fsp3) is 0.571. The maximum absolute atomic E-state index is 13.6. The SMILES string of the molecule is C=CC(=C)CC[C@]1(C)[C@H]2C[C@H](OC(=O)C(C)CC)C=C3[C@H](OC(C)=O)O[C@H](OC(C)=O)[C@@]32[C@H](OC(=O)c2ccncc2)C[C@@H]1C. The van der Waals surface area contributed by atoms with Crippen LogP contribution in [-0.4, -0.2) is 53.6 Å². The first-order chi connectivity index (χ1) is 21.3. The molecule has 0 N–H and O–H groups in total. The molecule has 1 saturated carbocycles. The van der Waals surface area contributed by atoms with Crippen LogP contribution in [0.15, 0.2) is 61.0 Å². The van der Waals surface area contributed by atoms with E-state index in [4.69, 9.17) is 23.7 Å². The van der Waals surface area contributed by atoms with E-state index in [-0.39, 0.29) is 17.8 Å². The number of hydrogen-bond donors (Lipinski definition) is 0. The molecule has 244 valence electrons. The highest BCUT2D eigenvalue weighted by atomic mass is 16.8. The average Bonchev–Trinajstić information content (AvgIpc) is 3.29. The third-order valence-corrected chi connectivity index (χ3v) is 10.1. The molecular weight excluding hydrogens is 578 g/mol. The topological polar surface area (TPSA) is 127 Å². The van der Waals surface area contributed by atoms with Gasteiger partial charge in [-0.2, -0.15) is 0 Å². The van der Waals surface area contributed by atoms with Crippen molar-refractivity contribution in [2.75, 3.05) is 0 Å². The fourth-order valence-corrected chi connectivity index (χ4v) is 7.24. The molecule has 1 aromatic heterocycles. The van der Waals surface area contributed by atoms with Gasteiger partial charge < -0.3 is 18.9 Å². The van der Waals surface area contributed by atoms with Gasteiger partial charge in [0.05, 0.1) is 11.5 Å². The highest BCUT2D eigenvalue weighted by Crippen LogP contribution is 2.68. The molecule has 4 rings (SSSR count). The number of carbonyl (C=O) groups is 4. The van der Waals surface area contributed by atoms with Gasteiger partial charge in [0.2, 0.25) is 12.6 Å². The molecule has 0 radical (unpaired) electrons. The number of aromatic nitrogens is 1. The lowest BCUT2D eigenvalue weighted by Crippen LogP contribution is -2.64. The van der Waals surface area contributed by atoms with Crippen LogP contribution in [0.2, 0.25) is 0 Å². The lowest BCUT2D eigenvalue weighted by Gasteiger charge is -2.61. The Kier molecular flexibility index (Phi) is 10.4. The van der Waals surface area contributed by atoms with Crippen molar-refractivity contribution in [3.05, 3.63) is 66.5 Å². The summed E-state index contributed by atoms with van der Waals surface area (Å²) in [5, 5.41) is 0. The second kappa shape index (κ2) is 13.7. The fourth-order valence-electron chi connectivity index (χ4n) is 7.24. The summed E-state index contributed by atoms with van der Waals surface area (Å²) in [7, 11) is 0. The first kappa shape index (κ1) is 34.1. The molecule has 0 aromatic carbocycles. The second-order valence-electron chi connectivity index (χ2n) is 12.8. The zero-order valence-corrected chi connectivity index (χ0v) is 27.1. The van der Waals surface area contributed by atoms with Crippen LogP contribution in [-0.2, 0) is 38.1 Å². The highest BCUT2D eigenvalue weighted by molar-refractivity contribution is 5.89. The Morgan fingerprint density at radius 1 is 1.09 bits per heavy atom. The molecule has 2 heterocycles. The Labute approximate surface area is 265 Å². The van der Waals surface area contributed by atoms with E-state index in [1.165, 1.54) is 26.2 Å². The monoisotopic (exact) mass is 623 g/mol. The molecular formula is C35H45NO9. The van der Waals surface area contributed by atoms with Crippen molar-refractivity contribution in [2.45, 2.75) is 98.4 Å². The Bertz CT molecular complexity index is 1360. The van der Waals surface area contributed by atoms with E-state index in [1.807, 2.05) is 13.8 Å². The maximum atomic E-state index is 13.6. The van der Waals surface area contributed by atoms with Crippen molar-refractivity contribution in [3.63, 3.8) is 0 Å². The predicted molar refractivity (Wildman–Crippen MR) is 164 cm³/mol. The van der Waals surface area contributed by atoms with Gasteiger partial charge in [0.1, 0.15) is 17.6 Å². The molecule has 9 atom stereocenters. The van der Waals surface area contributed by atoms with E-state index in [2.05, 4.69) is 32.0 Å². The number of rotatable bonds is 11. The molecule has 0 bridgehead atoms. The minimum atomic E-state index is -1.26. The smallest absolute Gasteiger partial charge is 0.338 e. The van der Waals surface area contributed by atoms with E-state index in [0.29, 0.717) is 43.2 Å². The molecule has 1 unspecified atom stereocenters. The van der Waals surface area contributed by atoms with Crippen LogP contribution in [0.1, 0.15) is 84.0 Å². The number of esters is 4. The first-order valence-electron chi connectivity index (χ1n) is 15.6. The standard InChI is InChI=1S/C35H45NO9/c1-9-20(3)11-14-34(8)22(5)17-29(44-31(40)25-12-15-36-16-13-25)35-27(32(41-23(6)37)45-33(35)42-24(7)38)18-26(19-28(34)35)43-30(39)21(4)10-2/h9,12-13,15-16,18,21-22,26,28-29,32-33H,1,3,10-11,14,17,19H2,2,4-8H3/t21?,22-,26+,28+,29+,32+,33-,34-,35-/m0/s1. The highest BCUT2D eigenvalue weighted by Gasteiger charge is 2.72. The molecule has 2 fully saturated rings. The molecule has 1 saturated heterocycles. The summed E-state index contributed by atoms with van der Waals surface area (Å²) in [6.45, 7) is 18.5. The number of hydrogen-bond acceptors (Lipinski definition) is 10. The van der Waals surface area contributed by atoms with Crippen molar-refractivity contribution in [3.8, 4) is 0 Å². The van der Waals surface area contributed by atoms with Gasteiger partial charge in [0.15, 0.2) is 0 Å². The third kappa shape index (κ3) is 6.61. The van der Waals surface area contributed by atoms with Crippen molar-refractivity contribution in [1.82, 2.24) is 4.98 Å². The van der Waals surface area contributed by atoms with Gasteiger partial charge in [0.25, 0.3) is 0 Å². The van der Waals surface area contributed by atoms with Crippen molar-refractivity contribution in [2.24, 2.45) is 28.6 Å². The summed E-state index contributed by atoms with van der Waals surface area (Å²) in [4.78, 5) is 55.6. The van der Waals surface area contributed by atoms with Gasteiger partial charge in [-0.05, 0) is 67.6 Å². The molecule has 10 nitrogen and oxygen atoms in total. The number of pyridine rings is 1. The molecule has 1 aromatic rings.